The molecule has 0 aliphatic heterocycles. The van der Waals surface area contributed by atoms with Gasteiger partial charge in [-0.1, -0.05) is 47.5 Å². The molecule has 0 fully saturated rings. The molecule has 0 radical (unpaired) electrons. The van der Waals surface area contributed by atoms with Gasteiger partial charge in [-0.3, -0.25) is 0 Å². The first kappa shape index (κ1) is 14.4. The molecule has 0 bridgehead atoms. The molecule has 4 nitrogen and oxygen atoms in total. The highest BCUT2D eigenvalue weighted by Crippen LogP contribution is 2.17. The monoisotopic (exact) mass is 306 g/mol. The molecule has 0 saturated carbocycles. The minimum Gasteiger partial charge on any atom is -0.369 e. The minimum atomic E-state index is -0.106. The SMILES string of the molecule is NC(N)=NN=C(c1ccc(Cl)cc1)c1ccc(Cl)cc1. The van der Waals surface area contributed by atoms with Gasteiger partial charge in [0.25, 0.3) is 0 Å². The summed E-state index contributed by atoms with van der Waals surface area (Å²) in [5.41, 5.74) is 13.0. The molecule has 20 heavy (non-hydrogen) atoms. The van der Waals surface area contributed by atoms with Gasteiger partial charge in [0.1, 0.15) is 5.71 Å². The number of benzene rings is 2. The first-order valence-corrected chi connectivity index (χ1v) is 6.50. The van der Waals surface area contributed by atoms with E-state index in [-0.39, 0.29) is 5.96 Å². The maximum Gasteiger partial charge on any atom is 0.211 e. The van der Waals surface area contributed by atoms with Crippen LogP contribution in [0.25, 0.3) is 0 Å². The summed E-state index contributed by atoms with van der Waals surface area (Å²) >= 11 is 11.8. The van der Waals surface area contributed by atoms with Crippen LogP contribution in [-0.4, -0.2) is 11.7 Å². The van der Waals surface area contributed by atoms with Crippen LogP contribution in [0, 0.1) is 0 Å². The Morgan fingerprint density at radius 2 is 1.10 bits per heavy atom. The summed E-state index contributed by atoms with van der Waals surface area (Å²) in [5, 5.41) is 9.10. The Kier molecular flexibility index (Phi) is 4.61. The van der Waals surface area contributed by atoms with Crippen LogP contribution < -0.4 is 11.5 Å². The molecular formula is C14H12Cl2N4. The van der Waals surface area contributed by atoms with Crippen molar-refractivity contribution in [2.75, 3.05) is 0 Å². The number of hydrogen-bond acceptors (Lipinski definition) is 2. The van der Waals surface area contributed by atoms with E-state index in [1.54, 1.807) is 24.3 Å². The van der Waals surface area contributed by atoms with Crippen molar-refractivity contribution in [3.8, 4) is 0 Å². The Balaban J connectivity index is 2.50. The Labute approximate surface area is 126 Å². The van der Waals surface area contributed by atoms with Crippen LogP contribution in [0.4, 0.5) is 0 Å². The van der Waals surface area contributed by atoms with E-state index in [1.807, 2.05) is 24.3 Å². The number of nitrogens with zero attached hydrogens (tertiary/aromatic N) is 2. The normalized spacial score (nSPS) is 9.90. The molecule has 0 atom stereocenters. The summed E-state index contributed by atoms with van der Waals surface area (Å²) in [6.45, 7) is 0. The molecule has 0 aliphatic carbocycles. The first-order chi connectivity index (χ1) is 9.56. The van der Waals surface area contributed by atoms with E-state index in [9.17, 15) is 0 Å². The smallest absolute Gasteiger partial charge is 0.211 e. The molecule has 102 valence electrons. The average Bonchev–Trinajstić information content (AvgIpc) is 2.42. The van der Waals surface area contributed by atoms with Crippen LogP contribution >= 0.6 is 23.2 Å². The van der Waals surface area contributed by atoms with E-state index < -0.39 is 0 Å². The number of hydrogen-bond donors (Lipinski definition) is 2. The van der Waals surface area contributed by atoms with Crippen molar-refractivity contribution in [2.45, 2.75) is 0 Å². The van der Waals surface area contributed by atoms with Crippen molar-refractivity contribution in [3.05, 3.63) is 69.7 Å². The lowest BCUT2D eigenvalue weighted by Gasteiger charge is -2.06. The third-order valence-electron chi connectivity index (χ3n) is 2.50. The van der Waals surface area contributed by atoms with E-state index in [2.05, 4.69) is 10.2 Å². The van der Waals surface area contributed by atoms with Gasteiger partial charge < -0.3 is 11.5 Å². The van der Waals surface area contributed by atoms with Crippen LogP contribution in [-0.2, 0) is 0 Å². The summed E-state index contributed by atoms with van der Waals surface area (Å²) in [7, 11) is 0. The fourth-order valence-electron chi connectivity index (χ4n) is 1.61. The summed E-state index contributed by atoms with van der Waals surface area (Å²) in [4.78, 5) is 0. The average molecular weight is 307 g/mol. The van der Waals surface area contributed by atoms with Gasteiger partial charge >= 0.3 is 0 Å². The maximum absolute atomic E-state index is 5.89. The summed E-state index contributed by atoms with van der Waals surface area (Å²) in [5.74, 6) is -0.106. The number of rotatable bonds is 3. The van der Waals surface area contributed by atoms with E-state index in [0.717, 1.165) is 11.1 Å². The number of guanidine groups is 1. The van der Waals surface area contributed by atoms with Gasteiger partial charge in [-0.15, -0.1) is 10.2 Å². The predicted octanol–water partition coefficient (Wildman–Crippen LogP) is 3.02. The molecule has 6 heteroatoms. The lowest BCUT2D eigenvalue weighted by molar-refractivity contribution is 1.20. The third kappa shape index (κ3) is 3.73. The van der Waals surface area contributed by atoms with E-state index in [1.165, 1.54) is 0 Å². The summed E-state index contributed by atoms with van der Waals surface area (Å²) < 4.78 is 0. The second-order valence-electron chi connectivity index (χ2n) is 3.99. The topological polar surface area (TPSA) is 76.8 Å². The van der Waals surface area contributed by atoms with Gasteiger partial charge in [0.05, 0.1) is 0 Å². The van der Waals surface area contributed by atoms with Gasteiger partial charge in [0.15, 0.2) is 0 Å². The Hall–Kier alpha value is -2.04. The Morgan fingerprint density at radius 1 is 0.700 bits per heavy atom. The zero-order chi connectivity index (χ0) is 14.5. The number of halogens is 2. The zero-order valence-corrected chi connectivity index (χ0v) is 11.9. The van der Waals surface area contributed by atoms with Gasteiger partial charge in [-0.2, -0.15) is 0 Å². The molecule has 0 saturated heterocycles. The van der Waals surface area contributed by atoms with E-state index >= 15 is 0 Å². The van der Waals surface area contributed by atoms with Crippen molar-refractivity contribution in [1.82, 2.24) is 0 Å². The van der Waals surface area contributed by atoms with Gasteiger partial charge in [-0.05, 0) is 24.3 Å². The van der Waals surface area contributed by atoms with Crippen LogP contribution in [0.5, 0.6) is 0 Å². The number of nitrogens with two attached hydrogens (primary N) is 2. The molecule has 0 spiro atoms. The summed E-state index contributed by atoms with van der Waals surface area (Å²) in [6.07, 6.45) is 0. The zero-order valence-electron chi connectivity index (χ0n) is 10.4. The molecule has 2 rings (SSSR count). The van der Waals surface area contributed by atoms with E-state index in [4.69, 9.17) is 34.7 Å². The largest absolute Gasteiger partial charge is 0.369 e. The standard InChI is InChI=1S/C14H12Cl2N4/c15-11-5-1-9(2-6-11)13(19-20-14(17)18)10-3-7-12(16)8-4-10/h1-8H,(H4,17,18,20). The van der Waals surface area contributed by atoms with Crippen molar-refractivity contribution in [1.29, 1.82) is 0 Å². The van der Waals surface area contributed by atoms with Crippen molar-refractivity contribution in [2.24, 2.45) is 21.7 Å². The van der Waals surface area contributed by atoms with Gasteiger partial charge in [-0.25, -0.2) is 0 Å². The lowest BCUT2D eigenvalue weighted by Crippen LogP contribution is -2.22. The Morgan fingerprint density at radius 3 is 1.45 bits per heavy atom. The van der Waals surface area contributed by atoms with Gasteiger partial charge in [0.2, 0.25) is 5.96 Å². The van der Waals surface area contributed by atoms with E-state index in [0.29, 0.717) is 15.8 Å². The maximum atomic E-state index is 5.89. The quantitative estimate of drug-likeness (QED) is 0.519. The molecular weight excluding hydrogens is 295 g/mol. The molecule has 0 aromatic heterocycles. The van der Waals surface area contributed by atoms with Crippen LogP contribution in [0.3, 0.4) is 0 Å². The van der Waals surface area contributed by atoms with Gasteiger partial charge in [0, 0.05) is 21.2 Å². The van der Waals surface area contributed by atoms with Crippen LogP contribution in [0.2, 0.25) is 10.0 Å². The molecule has 2 aromatic rings. The highest BCUT2D eigenvalue weighted by atomic mass is 35.5. The molecule has 0 aliphatic rings. The summed E-state index contributed by atoms with van der Waals surface area (Å²) in [6, 6.07) is 14.5. The first-order valence-electron chi connectivity index (χ1n) is 5.75. The van der Waals surface area contributed by atoms with Crippen LogP contribution in [0.15, 0.2) is 58.7 Å². The highest BCUT2D eigenvalue weighted by molar-refractivity contribution is 6.31. The molecule has 4 N–H and O–H groups in total. The van der Waals surface area contributed by atoms with Crippen molar-refractivity contribution < 1.29 is 0 Å². The fraction of sp³-hybridized carbons (Fsp3) is 0. The third-order valence-corrected chi connectivity index (χ3v) is 3.00. The fourth-order valence-corrected chi connectivity index (χ4v) is 1.86. The van der Waals surface area contributed by atoms with Crippen molar-refractivity contribution in [3.63, 3.8) is 0 Å². The molecule has 0 unspecified atom stereocenters. The molecule has 0 heterocycles. The molecule has 2 aromatic carbocycles. The Bertz CT molecular complexity index is 594. The predicted molar refractivity (Wildman–Crippen MR) is 84.4 cm³/mol. The second kappa shape index (κ2) is 6.41. The van der Waals surface area contributed by atoms with Crippen molar-refractivity contribution >= 4 is 34.9 Å². The minimum absolute atomic E-state index is 0.106. The lowest BCUT2D eigenvalue weighted by atomic mass is 10.0. The highest BCUT2D eigenvalue weighted by Gasteiger charge is 2.07. The second-order valence-corrected chi connectivity index (χ2v) is 4.86. The molecule has 0 amide bonds. The van der Waals surface area contributed by atoms with Crippen LogP contribution in [0.1, 0.15) is 11.1 Å².